The monoisotopic (exact) mass is 444 g/mol. The number of nitrogens with zero attached hydrogens (tertiary/aromatic N) is 4. The van der Waals surface area contributed by atoms with E-state index in [-0.39, 0.29) is 17.5 Å². The molecule has 0 N–H and O–H groups in total. The molecule has 0 spiro atoms. The highest BCUT2D eigenvalue weighted by molar-refractivity contribution is 6.30. The maximum Gasteiger partial charge on any atom is 0.260 e. The molecule has 1 aromatic heterocycles. The van der Waals surface area contributed by atoms with Crippen molar-refractivity contribution in [3.05, 3.63) is 64.8 Å². The van der Waals surface area contributed by atoms with Crippen LogP contribution in [0.25, 0.3) is 11.4 Å². The Morgan fingerprint density at radius 3 is 2.61 bits per heavy atom. The van der Waals surface area contributed by atoms with Gasteiger partial charge in [-0.15, -0.1) is 0 Å². The van der Waals surface area contributed by atoms with Crippen LogP contribution in [0.1, 0.15) is 11.5 Å². The first-order valence-electron chi connectivity index (χ1n) is 9.95. The molecule has 2 aromatic carbocycles. The number of aromatic nitrogens is 2. The average molecular weight is 445 g/mol. The van der Waals surface area contributed by atoms with Crippen LogP contribution < -0.4 is 4.74 Å². The first kappa shape index (κ1) is 21.3. The van der Waals surface area contributed by atoms with E-state index in [0.717, 1.165) is 5.56 Å². The molecular weight excluding hydrogens is 423 g/mol. The summed E-state index contributed by atoms with van der Waals surface area (Å²) in [7, 11) is 0. The smallest absolute Gasteiger partial charge is 0.260 e. The Morgan fingerprint density at radius 1 is 1.16 bits per heavy atom. The van der Waals surface area contributed by atoms with Crippen LogP contribution in [0.2, 0.25) is 5.02 Å². The standard InChI is InChI=1S/C22H22ClFN4O3/c1-15-2-4-16(5-3-15)22-25-20(31-26-22)13-27-8-10-28(11-9-27)21(29)14-30-17-6-7-19(24)18(23)12-17/h2-7,12H,8-11,13-14H2,1H3. The minimum absolute atomic E-state index is 0.0369. The number of carbonyl (C=O) groups excluding carboxylic acids is 1. The number of ether oxygens (including phenoxy) is 1. The van der Waals surface area contributed by atoms with E-state index in [4.69, 9.17) is 20.9 Å². The van der Waals surface area contributed by atoms with Crippen LogP contribution in [-0.4, -0.2) is 58.6 Å². The lowest BCUT2D eigenvalue weighted by Gasteiger charge is -2.33. The van der Waals surface area contributed by atoms with Crippen molar-refractivity contribution >= 4 is 17.5 Å². The topological polar surface area (TPSA) is 71.7 Å². The van der Waals surface area contributed by atoms with E-state index in [0.29, 0.717) is 50.2 Å². The summed E-state index contributed by atoms with van der Waals surface area (Å²) in [4.78, 5) is 20.8. The SMILES string of the molecule is Cc1ccc(-c2noc(CN3CCN(C(=O)COc4ccc(F)c(Cl)c4)CC3)n2)cc1. The second-order valence-electron chi connectivity index (χ2n) is 7.40. The zero-order chi connectivity index (χ0) is 21.8. The first-order valence-corrected chi connectivity index (χ1v) is 10.3. The third-order valence-corrected chi connectivity index (χ3v) is 5.40. The largest absolute Gasteiger partial charge is 0.484 e. The fraction of sp³-hybridized carbons (Fsp3) is 0.318. The molecule has 1 aliphatic heterocycles. The minimum atomic E-state index is -0.524. The van der Waals surface area contributed by atoms with Gasteiger partial charge in [-0.05, 0) is 19.1 Å². The van der Waals surface area contributed by atoms with Gasteiger partial charge < -0.3 is 14.2 Å². The van der Waals surface area contributed by atoms with Crippen LogP contribution in [0.4, 0.5) is 4.39 Å². The number of piperazine rings is 1. The fourth-order valence-electron chi connectivity index (χ4n) is 3.29. The summed E-state index contributed by atoms with van der Waals surface area (Å²) >= 11 is 5.73. The minimum Gasteiger partial charge on any atom is -0.484 e. The van der Waals surface area contributed by atoms with Crippen molar-refractivity contribution in [3.8, 4) is 17.1 Å². The highest BCUT2D eigenvalue weighted by atomic mass is 35.5. The molecule has 0 radical (unpaired) electrons. The molecule has 1 fully saturated rings. The molecule has 1 aliphatic rings. The molecule has 31 heavy (non-hydrogen) atoms. The van der Waals surface area contributed by atoms with Crippen molar-refractivity contribution in [3.63, 3.8) is 0 Å². The summed E-state index contributed by atoms with van der Waals surface area (Å²) in [5, 5.41) is 4.03. The van der Waals surface area contributed by atoms with E-state index in [1.807, 2.05) is 31.2 Å². The number of amides is 1. The number of benzene rings is 2. The maximum atomic E-state index is 13.2. The molecule has 4 rings (SSSR count). The number of halogens is 2. The number of hydrogen-bond donors (Lipinski definition) is 0. The highest BCUT2D eigenvalue weighted by Gasteiger charge is 2.23. The fourth-order valence-corrected chi connectivity index (χ4v) is 3.46. The molecule has 1 amide bonds. The molecule has 0 bridgehead atoms. The van der Waals surface area contributed by atoms with Gasteiger partial charge in [-0.1, -0.05) is 46.6 Å². The van der Waals surface area contributed by atoms with Gasteiger partial charge in [0.15, 0.2) is 6.61 Å². The van der Waals surface area contributed by atoms with Gasteiger partial charge in [0, 0.05) is 37.8 Å². The molecule has 0 unspecified atom stereocenters. The molecule has 2 heterocycles. The lowest BCUT2D eigenvalue weighted by molar-refractivity contribution is -0.135. The second kappa shape index (κ2) is 9.45. The quantitative estimate of drug-likeness (QED) is 0.579. The molecule has 0 atom stereocenters. The Labute approximate surface area is 184 Å². The molecule has 0 aliphatic carbocycles. The molecule has 0 saturated carbocycles. The summed E-state index contributed by atoms with van der Waals surface area (Å²) in [5.41, 5.74) is 2.09. The molecule has 9 heteroatoms. The van der Waals surface area contributed by atoms with E-state index >= 15 is 0 Å². The summed E-state index contributed by atoms with van der Waals surface area (Å²) in [6, 6.07) is 12.0. The van der Waals surface area contributed by atoms with Crippen LogP contribution in [-0.2, 0) is 11.3 Å². The van der Waals surface area contributed by atoms with Gasteiger partial charge in [0.1, 0.15) is 11.6 Å². The van der Waals surface area contributed by atoms with Gasteiger partial charge in [-0.2, -0.15) is 4.98 Å². The first-order chi connectivity index (χ1) is 15.0. The van der Waals surface area contributed by atoms with Crippen LogP contribution >= 0.6 is 11.6 Å². The molecule has 3 aromatic rings. The van der Waals surface area contributed by atoms with Crippen LogP contribution in [0.15, 0.2) is 47.0 Å². The second-order valence-corrected chi connectivity index (χ2v) is 7.81. The highest BCUT2D eigenvalue weighted by Crippen LogP contribution is 2.21. The number of rotatable bonds is 6. The van der Waals surface area contributed by atoms with E-state index in [2.05, 4.69) is 15.0 Å². The van der Waals surface area contributed by atoms with Crippen molar-refractivity contribution in [2.24, 2.45) is 0 Å². The maximum absolute atomic E-state index is 13.2. The van der Waals surface area contributed by atoms with Gasteiger partial charge in [0.2, 0.25) is 11.7 Å². The summed E-state index contributed by atoms with van der Waals surface area (Å²) in [5.74, 6) is 0.830. The predicted octanol–water partition coefficient (Wildman–Crippen LogP) is 3.56. The van der Waals surface area contributed by atoms with Gasteiger partial charge in [-0.3, -0.25) is 9.69 Å². The Bertz CT molecular complexity index is 1050. The third-order valence-electron chi connectivity index (χ3n) is 5.12. The molecule has 1 saturated heterocycles. The normalized spacial score (nSPS) is 14.6. The van der Waals surface area contributed by atoms with Crippen LogP contribution in [0.3, 0.4) is 0 Å². The van der Waals surface area contributed by atoms with E-state index in [9.17, 15) is 9.18 Å². The van der Waals surface area contributed by atoms with Gasteiger partial charge >= 0.3 is 0 Å². The van der Waals surface area contributed by atoms with E-state index in [1.54, 1.807) is 4.90 Å². The van der Waals surface area contributed by atoms with Crippen LogP contribution in [0.5, 0.6) is 5.75 Å². The molecular formula is C22H22ClFN4O3. The Morgan fingerprint density at radius 2 is 1.90 bits per heavy atom. The van der Waals surface area contributed by atoms with Gasteiger partial charge in [0.05, 0.1) is 11.6 Å². The molecule has 162 valence electrons. The zero-order valence-corrected chi connectivity index (χ0v) is 17.8. The van der Waals surface area contributed by atoms with Gasteiger partial charge in [-0.25, -0.2) is 4.39 Å². The van der Waals surface area contributed by atoms with Crippen molar-refractivity contribution in [2.75, 3.05) is 32.8 Å². The Kier molecular flexibility index (Phi) is 6.48. The van der Waals surface area contributed by atoms with Crippen LogP contribution in [0, 0.1) is 12.7 Å². The van der Waals surface area contributed by atoms with Crippen molar-refractivity contribution < 1.29 is 18.4 Å². The Hall–Kier alpha value is -2.97. The number of aryl methyl sites for hydroxylation is 1. The zero-order valence-electron chi connectivity index (χ0n) is 17.1. The van der Waals surface area contributed by atoms with E-state index < -0.39 is 5.82 Å². The van der Waals surface area contributed by atoms with E-state index in [1.165, 1.54) is 23.8 Å². The summed E-state index contributed by atoms with van der Waals surface area (Å²) < 4.78 is 24.0. The number of carbonyl (C=O) groups is 1. The summed E-state index contributed by atoms with van der Waals surface area (Å²) in [6.07, 6.45) is 0. The Balaban J connectivity index is 1.24. The van der Waals surface area contributed by atoms with Gasteiger partial charge in [0.25, 0.3) is 5.91 Å². The lowest BCUT2D eigenvalue weighted by Crippen LogP contribution is -2.49. The number of hydrogen-bond acceptors (Lipinski definition) is 6. The van der Waals surface area contributed by atoms with Crippen molar-refractivity contribution in [2.45, 2.75) is 13.5 Å². The third kappa shape index (κ3) is 5.39. The van der Waals surface area contributed by atoms with Crippen molar-refractivity contribution in [1.82, 2.24) is 19.9 Å². The average Bonchev–Trinajstić information content (AvgIpc) is 3.24. The van der Waals surface area contributed by atoms with Crippen molar-refractivity contribution in [1.29, 1.82) is 0 Å². The lowest BCUT2D eigenvalue weighted by atomic mass is 10.1. The predicted molar refractivity (Wildman–Crippen MR) is 113 cm³/mol. The molecule has 7 nitrogen and oxygen atoms in total. The summed E-state index contributed by atoms with van der Waals surface area (Å²) in [6.45, 7) is 4.97.